The van der Waals surface area contributed by atoms with Gasteiger partial charge in [0, 0.05) is 12.5 Å². The van der Waals surface area contributed by atoms with Crippen molar-refractivity contribution in [3.05, 3.63) is 21.3 Å². The lowest BCUT2D eigenvalue weighted by Gasteiger charge is -2.11. The van der Waals surface area contributed by atoms with Gasteiger partial charge in [0.2, 0.25) is 0 Å². The minimum Gasteiger partial charge on any atom is -0.316 e. The molecule has 76 valence electrons. The van der Waals surface area contributed by atoms with Gasteiger partial charge >= 0.3 is 0 Å². The van der Waals surface area contributed by atoms with E-state index in [4.69, 9.17) is 11.6 Å². The highest BCUT2D eigenvalue weighted by molar-refractivity contribution is 7.12. The first-order valence-electron chi connectivity index (χ1n) is 4.68. The van der Waals surface area contributed by atoms with E-state index >= 15 is 0 Å². The van der Waals surface area contributed by atoms with Crippen LogP contribution in [0.4, 0.5) is 0 Å². The highest BCUT2D eigenvalue weighted by Crippen LogP contribution is 2.28. The van der Waals surface area contributed by atoms with E-state index in [0.29, 0.717) is 15.8 Å². The molecule has 1 aliphatic heterocycles. The van der Waals surface area contributed by atoms with Crippen LogP contribution in [0.5, 0.6) is 0 Å². The van der Waals surface area contributed by atoms with Gasteiger partial charge in [-0.05, 0) is 23.9 Å². The summed E-state index contributed by atoms with van der Waals surface area (Å²) in [5.41, 5.74) is 0. The van der Waals surface area contributed by atoms with Crippen molar-refractivity contribution in [3.8, 4) is 0 Å². The number of nitrogens with one attached hydrogen (secondary N) is 1. The Morgan fingerprint density at radius 1 is 1.64 bits per heavy atom. The molecule has 0 bridgehead atoms. The number of rotatable bonds is 2. The zero-order chi connectivity index (χ0) is 10.1. The van der Waals surface area contributed by atoms with Crippen molar-refractivity contribution in [2.75, 3.05) is 13.1 Å². The number of carbonyl (C=O) groups is 1. The zero-order valence-electron chi connectivity index (χ0n) is 7.92. The van der Waals surface area contributed by atoms with Gasteiger partial charge in [-0.25, -0.2) is 0 Å². The summed E-state index contributed by atoms with van der Waals surface area (Å²) in [5, 5.41) is 5.69. The molecule has 0 amide bonds. The molecule has 14 heavy (non-hydrogen) atoms. The molecule has 0 aromatic carbocycles. The van der Waals surface area contributed by atoms with E-state index in [0.717, 1.165) is 13.1 Å². The van der Waals surface area contributed by atoms with Crippen molar-refractivity contribution in [3.63, 3.8) is 0 Å². The number of hydrogen-bond donors (Lipinski definition) is 1. The molecule has 2 rings (SSSR count). The van der Waals surface area contributed by atoms with Crippen LogP contribution in [0.15, 0.2) is 11.4 Å². The van der Waals surface area contributed by atoms with Crippen molar-refractivity contribution in [1.82, 2.24) is 5.32 Å². The number of hydrogen-bond acceptors (Lipinski definition) is 3. The molecule has 1 saturated heterocycles. The Balaban J connectivity index is 2.20. The fourth-order valence-corrected chi connectivity index (χ4v) is 2.95. The highest BCUT2D eigenvalue weighted by Gasteiger charge is 2.31. The molecule has 1 aromatic heterocycles. The van der Waals surface area contributed by atoms with Crippen LogP contribution in [0.2, 0.25) is 5.02 Å². The number of thiophene rings is 1. The number of ketones is 1. The summed E-state index contributed by atoms with van der Waals surface area (Å²) < 4.78 is 0. The van der Waals surface area contributed by atoms with Gasteiger partial charge in [-0.2, -0.15) is 0 Å². The summed E-state index contributed by atoms with van der Waals surface area (Å²) in [5.74, 6) is 0.717. The summed E-state index contributed by atoms with van der Waals surface area (Å²) in [6, 6.07) is 1.78. The standard InChI is InChI=1S/C10H12ClNOS/c1-6-4-12-5-7(6)9(13)10-8(11)2-3-14-10/h2-3,6-7,12H,4-5H2,1H3. The monoisotopic (exact) mass is 229 g/mol. The van der Waals surface area contributed by atoms with Crippen LogP contribution in [0.1, 0.15) is 16.6 Å². The van der Waals surface area contributed by atoms with E-state index < -0.39 is 0 Å². The molecule has 1 fully saturated rings. The summed E-state index contributed by atoms with van der Waals surface area (Å²) in [6.45, 7) is 3.82. The highest BCUT2D eigenvalue weighted by atomic mass is 35.5. The molecular weight excluding hydrogens is 218 g/mol. The Hall–Kier alpha value is -0.380. The Bertz CT molecular complexity index is 350. The molecular formula is C10H12ClNOS. The Morgan fingerprint density at radius 2 is 2.43 bits per heavy atom. The van der Waals surface area contributed by atoms with E-state index in [2.05, 4.69) is 12.2 Å². The van der Waals surface area contributed by atoms with E-state index in [1.807, 2.05) is 5.38 Å². The second-order valence-electron chi connectivity index (χ2n) is 3.70. The molecule has 0 saturated carbocycles. The lowest BCUT2D eigenvalue weighted by molar-refractivity contribution is 0.0912. The van der Waals surface area contributed by atoms with Crippen molar-refractivity contribution < 1.29 is 4.79 Å². The van der Waals surface area contributed by atoms with Crippen LogP contribution < -0.4 is 5.32 Å². The molecule has 0 spiro atoms. The predicted octanol–water partition coefficient (Wildman–Crippen LogP) is 2.44. The van der Waals surface area contributed by atoms with Gasteiger partial charge in [-0.15, -0.1) is 11.3 Å². The van der Waals surface area contributed by atoms with E-state index in [-0.39, 0.29) is 11.7 Å². The number of carbonyl (C=O) groups excluding carboxylic acids is 1. The third kappa shape index (κ3) is 1.72. The van der Waals surface area contributed by atoms with Crippen molar-refractivity contribution in [2.45, 2.75) is 6.92 Å². The first-order chi connectivity index (χ1) is 6.70. The zero-order valence-corrected chi connectivity index (χ0v) is 9.49. The van der Waals surface area contributed by atoms with Gasteiger partial charge < -0.3 is 5.32 Å². The summed E-state index contributed by atoms with van der Waals surface area (Å²) >= 11 is 7.37. The maximum Gasteiger partial charge on any atom is 0.178 e. The van der Waals surface area contributed by atoms with Gasteiger partial charge in [-0.1, -0.05) is 18.5 Å². The van der Waals surface area contributed by atoms with Crippen molar-refractivity contribution >= 4 is 28.7 Å². The first kappa shape index (κ1) is 10.1. The maximum atomic E-state index is 12.0. The first-order valence-corrected chi connectivity index (χ1v) is 5.94. The fraction of sp³-hybridized carbons (Fsp3) is 0.500. The Kier molecular flexibility index (Phi) is 2.91. The minimum absolute atomic E-state index is 0.103. The molecule has 2 heterocycles. The summed E-state index contributed by atoms with van der Waals surface area (Å²) in [7, 11) is 0. The molecule has 2 atom stereocenters. The van der Waals surface area contributed by atoms with Crippen molar-refractivity contribution in [2.24, 2.45) is 11.8 Å². The second kappa shape index (κ2) is 4.01. The summed E-state index contributed by atoms with van der Waals surface area (Å²) in [6.07, 6.45) is 0. The smallest absolute Gasteiger partial charge is 0.178 e. The van der Waals surface area contributed by atoms with Crippen LogP contribution in [0.25, 0.3) is 0 Å². The number of halogens is 1. The van der Waals surface area contributed by atoms with Crippen LogP contribution in [-0.4, -0.2) is 18.9 Å². The Labute approximate surface area is 92.3 Å². The van der Waals surface area contributed by atoms with Crippen molar-refractivity contribution in [1.29, 1.82) is 0 Å². The quantitative estimate of drug-likeness (QED) is 0.790. The van der Waals surface area contributed by atoms with Gasteiger partial charge in [0.1, 0.15) is 0 Å². The van der Waals surface area contributed by atoms with Crippen LogP contribution in [-0.2, 0) is 0 Å². The van der Waals surface area contributed by atoms with E-state index in [1.165, 1.54) is 11.3 Å². The van der Waals surface area contributed by atoms with Gasteiger partial charge in [-0.3, -0.25) is 4.79 Å². The Morgan fingerprint density at radius 3 is 2.93 bits per heavy atom. The molecule has 0 aliphatic carbocycles. The molecule has 1 N–H and O–H groups in total. The van der Waals surface area contributed by atoms with Crippen LogP contribution >= 0.6 is 22.9 Å². The molecule has 0 radical (unpaired) electrons. The number of Topliss-reactive ketones (excluding diaryl/α,β-unsaturated/α-hetero) is 1. The second-order valence-corrected chi connectivity index (χ2v) is 5.03. The molecule has 1 aliphatic rings. The van der Waals surface area contributed by atoms with E-state index in [1.54, 1.807) is 6.07 Å². The average molecular weight is 230 g/mol. The van der Waals surface area contributed by atoms with Gasteiger partial charge in [0.25, 0.3) is 0 Å². The lowest BCUT2D eigenvalue weighted by atomic mass is 9.93. The lowest BCUT2D eigenvalue weighted by Crippen LogP contribution is -2.20. The minimum atomic E-state index is 0.103. The third-order valence-corrected chi connectivity index (χ3v) is 4.05. The largest absolute Gasteiger partial charge is 0.316 e. The SMILES string of the molecule is CC1CNCC1C(=O)c1sccc1Cl. The topological polar surface area (TPSA) is 29.1 Å². The maximum absolute atomic E-state index is 12.0. The van der Waals surface area contributed by atoms with Gasteiger partial charge in [0.15, 0.2) is 5.78 Å². The molecule has 4 heteroatoms. The normalized spacial score (nSPS) is 26.7. The third-order valence-electron chi connectivity index (χ3n) is 2.70. The average Bonchev–Trinajstić information content (AvgIpc) is 2.73. The van der Waals surface area contributed by atoms with E-state index in [9.17, 15) is 4.79 Å². The fourth-order valence-electron chi connectivity index (χ4n) is 1.80. The van der Waals surface area contributed by atoms with Gasteiger partial charge in [0.05, 0.1) is 9.90 Å². The summed E-state index contributed by atoms with van der Waals surface area (Å²) in [4.78, 5) is 12.7. The molecule has 1 aromatic rings. The predicted molar refractivity (Wildman–Crippen MR) is 59.2 cm³/mol. The molecule has 2 nitrogen and oxygen atoms in total. The van der Waals surface area contributed by atoms with Crippen LogP contribution in [0.3, 0.4) is 0 Å². The molecule has 2 unspecified atom stereocenters. The van der Waals surface area contributed by atoms with Crippen LogP contribution in [0, 0.1) is 11.8 Å².